The van der Waals surface area contributed by atoms with Gasteiger partial charge in [-0.05, 0) is 6.07 Å². The van der Waals surface area contributed by atoms with Gasteiger partial charge >= 0.3 is 12.1 Å². The van der Waals surface area contributed by atoms with Gasteiger partial charge in [0.25, 0.3) is 0 Å². The van der Waals surface area contributed by atoms with Crippen LogP contribution in [-0.4, -0.2) is 17.0 Å². The summed E-state index contributed by atoms with van der Waals surface area (Å²) in [5.41, 5.74) is 3.89. The molecule has 0 aliphatic carbocycles. The number of pyridine rings is 1. The van der Waals surface area contributed by atoms with E-state index in [1.54, 1.807) is 0 Å². The van der Waals surface area contributed by atoms with Crippen LogP contribution in [-0.2, 0) is 0 Å². The van der Waals surface area contributed by atoms with E-state index in [-0.39, 0.29) is 11.5 Å². The third-order valence-corrected chi connectivity index (χ3v) is 1.94. The van der Waals surface area contributed by atoms with Crippen molar-refractivity contribution in [3.8, 4) is 0 Å². The standard InChI is InChI=1S/C7H13N9O2/c8-13-6(17)15(10)4-1-2-12-5(3-4)16(11)7(18)14-9/h1-3H,8-11H2,(H,13,17)(H,14,18). The lowest BCUT2D eigenvalue weighted by Crippen LogP contribution is -2.49. The zero-order valence-electron chi connectivity index (χ0n) is 9.20. The minimum atomic E-state index is -0.786. The average Bonchev–Trinajstić information content (AvgIpc) is 2.43. The minimum absolute atomic E-state index is 0.0377. The smallest absolute Gasteiger partial charge is 0.274 e. The van der Waals surface area contributed by atoms with Crippen molar-refractivity contribution in [2.75, 3.05) is 10.0 Å². The van der Waals surface area contributed by atoms with Gasteiger partial charge in [0.15, 0.2) is 5.82 Å². The zero-order valence-corrected chi connectivity index (χ0v) is 9.20. The lowest BCUT2D eigenvalue weighted by atomic mass is 10.3. The van der Waals surface area contributed by atoms with E-state index < -0.39 is 12.1 Å². The number of aromatic nitrogens is 1. The van der Waals surface area contributed by atoms with Gasteiger partial charge in [-0.1, -0.05) is 0 Å². The Kier molecular flexibility index (Phi) is 4.33. The number of rotatable bonds is 2. The fourth-order valence-corrected chi connectivity index (χ4v) is 1.05. The summed E-state index contributed by atoms with van der Waals surface area (Å²) < 4.78 is 0. The van der Waals surface area contributed by atoms with Crippen LogP contribution >= 0.6 is 0 Å². The molecule has 1 rings (SSSR count). The topological polar surface area (TPSA) is 182 Å². The number of nitrogens with one attached hydrogen (secondary N) is 2. The summed E-state index contributed by atoms with van der Waals surface area (Å²) >= 11 is 0. The molecule has 0 radical (unpaired) electrons. The molecular formula is C7H13N9O2. The van der Waals surface area contributed by atoms with Crippen LogP contribution in [0.25, 0.3) is 0 Å². The van der Waals surface area contributed by atoms with Gasteiger partial charge in [-0.3, -0.25) is 10.9 Å². The number of carbonyl (C=O) groups excluding carboxylic acids is 2. The van der Waals surface area contributed by atoms with Crippen LogP contribution in [0.3, 0.4) is 0 Å². The van der Waals surface area contributed by atoms with Gasteiger partial charge in [0.1, 0.15) is 0 Å². The van der Waals surface area contributed by atoms with Crippen LogP contribution in [0.4, 0.5) is 21.1 Å². The molecule has 1 heterocycles. The number of nitrogens with zero attached hydrogens (tertiary/aromatic N) is 3. The Bertz CT molecular complexity index is 413. The Balaban J connectivity index is 2.99. The molecule has 0 atom stereocenters. The lowest BCUT2D eigenvalue weighted by molar-refractivity contribution is 0.246. The van der Waals surface area contributed by atoms with Gasteiger partial charge in [0, 0.05) is 12.3 Å². The highest BCUT2D eigenvalue weighted by molar-refractivity contribution is 5.92. The summed E-state index contributed by atoms with van der Waals surface area (Å²) in [6.07, 6.45) is 1.30. The Morgan fingerprint density at radius 2 is 1.67 bits per heavy atom. The number of urea groups is 2. The molecule has 0 aromatic carbocycles. The van der Waals surface area contributed by atoms with E-state index in [9.17, 15) is 9.59 Å². The molecule has 11 heteroatoms. The second-order valence-corrected chi connectivity index (χ2v) is 3.01. The van der Waals surface area contributed by atoms with Crippen LogP contribution < -0.4 is 44.2 Å². The van der Waals surface area contributed by atoms with Gasteiger partial charge in [-0.2, -0.15) is 0 Å². The first kappa shape index (κ1) is 13.6. The molecule has 0 saturated heterocycles. The molecule has 10 N–H and O–H groups in total. The molecular weight excluding hydrogens is 242 g/mol. The molecule has 0 spiro atoms. The zero-order chi connectivity index (χ0) is 13.7. The van der Waals surface area contributed by atoms with Gasteiger partial charge in [-0.15, -0.1) is 0 Å². The Labute approximate surface area is 102 Å². The molecule has 0 aliphatic rings. The van der Waals surface area contributed by atoms with Crippen LogP contribution in [0, 0.1) is 0 Å². The number of hydrogen-bond donors (Lipinski definition) is 6. The fraction of sp³-hybridized carbons (Fsp3) is 0. The normalized spacial score (nSPS) is 9.56. The van der Waals surface area contributed by atoms with Crippen molar-refractivity contribution < 1.29 is 9.59 Å². The van der Waals surface area contributed by atoms with Crippen molar-refractivity contribution in [1.82, 2.24) is 15.8 Å². The van der Waals surface area contributed by atoms with Gasteiger partial charge in [-0.25, -0.2) is 48.0 Å². The predicted molar refractivity (Wildman–Crippen MR) is 63.0 cm³/mol. The van der Waals surface area contributed by atoms with Crippen LogP contribution in [0.1, 0.15) is 0 Å². The molecule has 1 aromatic heterocycles. The second-order valence-electron chi connectivity index (χ2n) is 3.01. The molecule has 11 nitrogen and oxygen atoms in total. The molecule has 1 aromatic rings. The maximum Gasteiger partial charge on any atom is 0.351 e. The van der Waals surface area contributed by atoms with Crippen molar-refractivity contribution in [3.63, 3.8) is 0 Å². The van der Waals surface area contributed by atoms with Crippen molar-refractivity contribution in [3.05, 3.63) is 18.3 Å². The molecule has 4 amide bonds. The van der Waals surface area contributed by atoms with E-state index >= 15 is 0 Å². The molecule has 0 aliphatic heterocycles. The lowest BCUT2D eigenvalue weighted by Gasteiger charge is -2.19. The highest BCUT2D eigenvalue weighted by atomic mass is 16.2. The summed E-state index contributed by atoms with van der Waals surface area (Å²) in [6, 6.07) is 1.18. The summed E-state index contributed by atoms with van der Waals surface area (Å²) in [5.74, 6) is 20.8. The highest BCUT2D eigenvalue weighted by Gasteiger charge is 2.15. The average molecular weight is 255 g/mol. The Morgan fingerprint density at radius 1 is 1.11 bits per heavy atom. The maximum atomic E-state index is 11.2. The van der Waals surface area contributed by atoms with E-state index in [0.717, 1.165) is 5.01 Å². The predicted octanol–water partition coefficient (Wildman–Crippen LogP) is -2.39. The Hall–Kier alpha value is -2.47. The van der Waals surface area contributed by atoms with E-state index in [0.29, 0.717) is 5.01 Å². The molecule has 18 heavy (non-hydrogen) atoms. The number of anilines is 2. The monoisotopic (exact) mass is 255 g/mol. The fourth-order valence-electron chi connectivity index (χ4n) is 1.05. The summed E-state index contributed by atoms with van der Waals surface area (Å²) in [5, 5.41) is 1.37. The molecule has 0 fully saturated rings. The Morgan fingerprint density at radius 3 is 2.22 bits per heavy atom. The highest BCUT2D eigenvalue weighted by Crippen LogP contribution is 2.16. The number of hydrazine groups is 4. The second kappa shape index (κ2) is 5.74. The van der Waals surface area contributed by atoms with Crippen molar-refractivity contribution in [2.24, 2.45) is 23.4 Å². The summed E-state index contributed by atoms with van der Waals surface area (Å²) in [6.45, 7) is 0. The summed E-state index contributed by atoms with van der Waals surface area (Å²) in [7, 11) is 0. The number of amides is 4. The quantitative estimate of drug-likeness (QED) is 0.193. The number of carbonyl (C=O) groups is 2. The largest absolute Gasteiger partial charge is 0.351 e. The molecule has 0 saturated carbocycles. The van der Waals surface area contributed by atoms with Crippen LogP contribution in [0.15, 0.2) is 18.3 Å². The first-order valence-corrected chi connectivity index (χ1v) is 4.58. The third kappa shape index (κ3) is 2.80. The van der Waals surface area contributed by atoms with Crippen molar-refractivity contribution >= 4 is 23.6 Å². The minimum Gasteiger partial charge on any atom is -0.274 e. The number of nitrogens with two attached hydrogens (primary N) is 4. The summed E-state index contributed by atoms with van der Waals surface area (Å²) in [4.78, 5) is 26.2. The third-order valence-electron chi connectivity index (χ3n) is 1.94. The first-order valence-electron chi connectivity index (χ1n) is 4.58. The van der Waals surface area contributed by atoms with E-state index in [2.05, 4.69) is 4.98 Å². The van der Waals surface area contributed by atoms with Gasteiger partial charge in [0.2, 0.25) is 0 Å². The van der Waals surface area contributed by atoms with Crippen LogP contribution in [0.2, 0.25) is 0 Å². The number of hydrogen-bond acceptors (Lipinski definition) is 7. The maximum absolute atomic E-state index is 11.2. The molecule has 0 unspecified atom stereocenters. The van der Waals surface area contributed by atoms with E-state index in [4.69, 9.17) is 23.4 Å². The first-order chi connectivity index (χ1) is 8.51. The van der Waals surface area contributed by atoms with E-state index in [1.807, 2.05) is 10.9 Å². The molecule has 98 valence electrons. The van der Waals surface area contributed by atoms with Gasteiger partial charge < -0.3 is 0 Å². The molecule has 0 bridgehead atoms. The van der Waals surface area contributed by atoms with Crippen LogP contribution in [0.5, 0.6) is 0 Å². The van der Waals surface area contributed by atoms with Crippen molar-refractivity contribution in [2.45, 2.75) is 0 Å². The van der Waals surface area contributed by atoms with E-state index in [1.165, 1.54) is 18.3 Å². The SMILES string of the molecule is NNC(=O)N(N)c1ccnc(N(N)C(=O)NN)c1. The van der Waals surface area contributed by atoms with Crippen molar-refractivity contribution in [1.29, 1.82) is 0 Å². The van der Waals surface area contributed by atoms with Gasteiger partial charge in [0.05, 0.1) is 5.69 Å².